The van der Waals surface area contributed by atoms with E-state index in [9.17, 15) is 30.4 Å². The summed E-state index contributed by atoms with van der Waals surface area (Å²) in [5.74, 6) is 0. The Morgan fingerprint density at radius 1 is 0.840 bits per heavy atom. The number of benzene rings is 2. The van der Waals surface area contributed by atoms with Crippen LogP contribution in [-0.4, -0.2) is 7.25 Å². The summed E-state index contributed by atoms with van der Waals surface area (Å²) in [6, 6.07) is 15.7. The van der Waals surface area contributed by atoms with Crippen LogP contribution in [0.1, 0.15) is 5.56 Å². The van der Waals surface area contributed by atoms with Gasteiger partial charge in [0.25, 0.3) is 0 Å². The van der Waals surface area contributed by atoms with E-state index in [1.165, 1.54) is 0 Å². The molecule has 0 amide bonds. The van der Waals surface area contributed by atoms with Gasteiger partial charge in [-0.25, -0.2) is 0 Å². The third-order valence-corrected chi connectivity index (χ3v) is 5.34. The van der Waals surface area contributed by atoms with E-state index in [1.807, 2.05) is 19.1 Å². The van der Waals surface area contributed by atoms with Crippen LogP contribution in [0.2, 0.25) is 0 Å². The van der Waals surface area contributed by atoms with Gasteiger partial charge in [0.2, 0.25) is 0 Å². The summed E-state index contributed by atoms with van der Waals surface area (Å²) in [5.41, 5.74) is -2.70. The van der Waals surface area contributed by atoms with E-state index in [1.54, 1.807) is 42.5 Å². The lowest BCUT2D eigenvalue weighted by atomic mass is 10.1. The minimum Gasteiger partial charge on any atom is -0.418 e. The van der Waals surface area contributed by atoms with Gasteiger partial charge >= 0.3 is 12.8 Å². The maximum absolute atomic E-state index is 13.5. The van der Waals surface area contributed by atoms with Gasteiger partial charge in [-0.2, -0.15) is 0 Å². The lowest BCUT2D eigenvalue weighted by molar-refractivity contribution is -0.0864. The highest BCUT2D eigenvalue weighted by molar-refractivity contribution is 7.41. The monoisotopic (exact) mass is 380 g/mol. The van der Waals surface area contributed by atoms with Gasteiger partial charge in [0, 0.05) is 17.0 Å². The fourth-order valence-corrected chi connectivity index (χ4v) is 4.40. The highest BCUT2D eigenvalue weighted by Gasteiger charge is 2.48. The molecule has 0 aliphatic rings. The Kier molecular flexibility index (Phi) is 5.46. The predicted octanol–water partition coefficient (Wildman–Crippen LogP) is 7.34. The smallest absolute Gasteiger partial charge is 0.418 e. The van der Waals surface area contributed by atoms with Crippen LogP contribution in [0.4, 0.5) is 30.4 Å². The van der Waals surface area contributed by atoms with Crippen LogP contribution < -0.4 is 0 Å². The summed E-state index contributed by atoms with van der Waals surface area (Å²) in [7, 11) is -7.86. The lowest BCUT2D eigenvalue weighted by Gasteiger charge is -2.03. The van der Waals surface area contributed by atoms with Crippen molar-refractivity contribution in [1.82, 2.24) is 0 Å². The van der Waals surface area contributed by atoms with Crippen molar-refractivity contribution in [3.8, 4) is 10.4 Å². The normalized spacial score (nSPS) is 12.7. The van der Waals surface area contributed by atoms with E-state index < -0.39 is 23.2 Å². The van der Waals surface area contributed by atoms with E-state index in [0.29, 0.717) is 20.5 Å². The number of hydrogen-bond donors (Lipinski definition) is 0. The van der Waals surface area contributed by atoms with Gasteiger partial charge in [0.1, 0.15) is 10.5 Å². The molecule has 25 heavy (non-hydrogen) atoms. The van der Waals surface area contributed by atoms with Gasteiger partial charge in [-0.15, -0.1) is 13.2 Å². The van der Waals surface area contributed by atoms with E-state index >= 15 is 0 Å². The van der Waals surface area contributed by atoms with Crippen molar-refractivity contribution >= 4 is 27.8 Å². The summed E-state index contributed by atoms with van der Waals surface area (Å²) in [6.07, 6.45) is 0. The van der Waals surface area contributed by atoms with Gasteiger partial charge in [0.05, 0.1) is 0 Å². The highest BCUT2D eigenvalue weighted by atomic mass is 32.2. The maximum Gasteiger partial charge on any atom is 0.673 e. The van der Waals surface area contributed by atoms with Gasteiger partial charge in [-0.1, -0.05) is 30.3 Å². The molecule has 0 saturated heterocycles. The second-order valence-corrected chi connectivity index (χ2v) is 7.06. The quantitative estimate of drug-likeness (QED) is 0.235. The zero-order chi connectivity index (χ0) is 18.8. The summed E-state index contributed by atoms with van der Waals surface area (Å²) < 4.78 is 79.8. The first kappa shape index (κ1) is 19.3. The molecule has 1 aromatic heterocycles. The first-order valence-electron chi connectivity index (χ1n) is 7.03. The Morgan fingerprint density at radius 3 is 1.92 bits per heavy atom. The second-order valence-electron chi connectivity index (χ2n) is 5.11. The molecule has 1 atom stereocenters. The first-order valence-corrected chi connectivity index (χ1v) is 8.26. The zero-order valence-corrected chi connectivity index (χ0v) is 13.6. The molecule has 0 N–H and O–H groups in total. The van der Waals surface area contributed by atoms with Crippen LogP contribution in [0.15, 0.2) is 54.6 Å². The zero-order valence-electron chi connectivity index (χ0n) is 12.8. The van der Waals surface area contributed by atoms with Crippen molar-refractivity contribution in [2.45, 2.75) is 12.4 Å². The van der Waals surface area contributed by atoms with Crippen LogP contribution in [0.5, 0.6) is 0 Å². The lowest BCUT2D eigenvalue weighted by Crippen LogP contribution is -2.02. The average Bonchev–Trinajstić information content (AvgIpc) is 2.85. The van der Waals surface area contributed by atoms with Crippen molar-refractivity contribution in [1.29, 1.82) is 0 Å². The van der Waals surface area contributed by atoms with Crippen molar-refractivity contribution < 1.29 is 30.4 Å². The van der Waals surface area contributed by atoms with Gasteiger partial charge in [-0.05, 0) is 30.7 Å². The Labute approximate surface area is 142 Å². The van der Waals surface area contributed by atoms with E-state index in [0.717, 1.165) is 5.56 Å². The molecule has 0 aliphatic carbocycles. The molecule has 0 aliphatic heterocycles. The molecular weight excluding hydrogens is 368 g/mol. The maximum atomic E-state index is 13.5. The van der Waals surface area contributed by atoms with Crippen molar-refractivity contribution in [2.24, 2.45) is 0 Å². The van der Waals surface area contributed by atoms with Crippen LogP contribution in [0.25, 0.3) is 20.5 Å². The highest BCUT2D eigenvalue weighted by Crippen LogP contribution is 2.54. The van der Waals surface area contributed by atoms with Crippen molar-refractivity contribution in [3.05, 3.63) is 60.2 Å². The number of hydrogen-bond acceptors (Lipinski definition) is 0. The Balaban J connectivity index is 0.000000399. The molecule has 3 rings (SSSR count). The van der Waals surface area contributed by atoms with Gasteiger partial charge < -0.3 is 17.3 Å². The summed E-state index contributed by atoms with van der Waals surface area (Å²) in [6.45, 7) is 1.84. The minimum atomic E-state index is -6.00. The molecular formula is C16H12BF7S. The number of fused-ring (bicyclic) bond motifs is 1. The van der Waals surface area contributed by atoms with Gasteiger partial charge in [-0.3, -0.25) is 0 Å². The fraction of sp³-hybridized carbons (Fsp3) is 0.125. The Hall–Kier alpha value is -2.03. The minimum absolute atomic E-state index is 0.372. The number of halogens is 7. The topological polar surface area (TPSA) is 0 Å². The van der Waals surface area contributed by atoms with E-state index in [2.05, 4.69) is 0 Å². The van der Waals surface area contributed by atoms with Crippen LogP contribution in [0.3, 0.4) is 0 Å². The molecule has 0 nitrogen and oxygen atoms in total. The summed E-state index contributed by atoms with van der Waals surface area (Å²) in [4.78, 5) is 0.372. The molecule has 0 saturated carbocycles. The SMILES string of the molecule is Cc1ccccc1-c1cc2ccccc2[s+]1C(F)(F)F.F[B-](F)(F)F. The molecule has 1 unspecified atom stereocenters. The fourth-order valence-electron chi connectivity index (χ4n) is 2.39. The number of thiophene rings is 1. The molecule has 1 heterocycles. The number of aryl methyl sites for hydroxylation is 1. The van der Waals surface area contributed by atoms with Crippen molar-refractivity contribution in [3.63, 3.8) is 0 Å². The molecule has 9 heteroatoms. The Morgan fingerprint density at radius 2 is 1.36 bits per heavy atom. The summed E-state index contributed by atoms with van der Waals surface area (Å²) >= 11 is 0. The Bertz CT molecular complexity index is 859. The van der Waals surface area contributed by atoms with Crippen LogP contribution >= 0.6 is 10.5 Å². The second kappa shape index (κ2) is 7.07. The number of rotatable bonds is 1. The third-order valence-electron chi connectivity index (χ3n) is 3.29. The van der Waals surface area contributed by atoms with E-state index in [4.69, 9.17) is 0 Å². The molecule has 0 fully saturated rings. The molecule has 0 radical (unpaired) electrons. The van der Waals surface area contributed by atoms with Crippen LogP contribution in [0, 0.1) is 6.92 Å². The van der Waals surface area contributed by atoms with Gasteiger partial charge in [0.15, 0.2) is 9.58 Å². The molecule has 0 spiro atoms. The largest absolute Gasteiger partial charge is 0.673 e. The first-order chi connectivity index (χ1) is 11.5. The average molecular weight is 380 g/mol. The standard InChI is InChI=1S/C16H12F3S.BF4/c1-11-6-2-4-8-13(11)15-10-12-7-3-5-9-14(12)20(15)16(17,18)19;2-1(3,4)5/h2-10H,1H3;/q+1;-1. The molecule has 0 bridgehead atoms. The van der Waals surface area contributed by atoms with Crippen LogP contribution in [-0.2, 0) is 5.51 Å². The van der Waals surface area contributed by atoms with Crippen molar-refractivity contribution in [2.75, 3.05) is 0 Å². The van der Waals surface area contributed by atoms with E-state index in [-0.39, 0.29) is 0 Å². The third kappa shape index (κ3) is 4.98. The number of alkyl halides is 3. The molecule has 2 aromatic carbocycles. The molecule has 3 aromatic rings. The summed E-state index contributed by atoms with van der Waals surface area (Å²) in [5, 5.41) is 0.673. The molecule has 134 valence electrons. The predicted molar refractivity (Wildman–Crippen MR) is 88.1 cm³/mol.